The molecule has 1 heteroatoms. The van der Waals surface area contributed by atoms with Gasteiger partial charge in [0.2, 0.25) is 0 Å². The summed E-state index contributed by atoms with van der Waals surface area (Å²) in [7, 11) is 0. The molecule has 31 heavy (non-hydrogen) atoms. The van der Waals surface area contributed by atoms with Gasteiger partial charge in [-0.05, 0) is 71.9 Å². The molecular formula is C30H31N. The second-order valence-corrected chi connectivity index (χ2v) is 8.44. The van der Waals surface area contributed by atoms with Crippen molar-refractivity contribution in [2.24, 2.45) is 0 Å². The number of benzene rings is 3. The minimum Gasteiger partial charge on any atom is -0.309 e. The van der Waals surface area contributed by atoms with Crippen molar-refractivity contribution in [2.75, 3.05) is 0 Å². The van der Waals surface area contributed by atoms with E-state index < -0.39 is 0 Å². The van der Waals surface area contributed by atoms with Crippen molar-refractivity contribution in [1.82, 2.24) is 4.57 Å². The van der Waals surface area contributed by atoms with Gasteiger partial charge in [-0.3, -0.25) is 0 Å². The Morgan fingerprint density at radius 3 is 2.45 bits per heavy atom. The van der Waals surface area contributed by atoms with E-state index in [1.165, 1.54) is 44.2 Å². The molecule has 4 aromatic rings. The van der Waals surface area contributed by atoms with Gasteiger partial charge >= 0.3 is 0 Å². The van der Waals surface area contributed by atoms with Gasteiger partial charge in [-0.15, -0.1) is 0 Å². The van der Waals surface area contributed by atoms with E-state index in [0.29, 0.717) is 5.92 Å². The lowest BCUT2D eigenvalue weighted by molar-refractivity contribution is 0.868. The van der Waals surface area contributed by atoms with E-state index in [2.05, 4.69) is 105 Å². The SMILES string of the molecule is C=C(/C=C\C=C/C)c1cc(CC)cc(-n2c3ccccc3c3cc(C(C)C)ccc32)c1. The van der Waals surface area contributed by atoms with Crippen LogP contribution < -0.4 is 0 Å². The van der Waals surface area contributed by atoms with E-state index in [-0.39, 0.29) is 0 Å². The number of aryl methyl sites for hydroxylation is 1. The third-order valence-electron chi connectivity index (χ3n) is 5.98. The number of nitrogens with zero attached hydrogens (tertiary/aromatic N) is 1. The highest BCUT2D eigenvalue weighted by Crippen LogP contribution is 2.35. The van der Waals surface area contributed by atoms with Crippen LogP contribution in [0.5, 0.6) is 0 Å². The number of hydrogen-bond acceptors (Lipinski definition) is 0. The summed E-state index contributed by atoms with van der Waals surface area (Å²) in [5.41, 5.74) is 8.57. The summed E-state index contributed by atoms with van der Waals surface area (Å²) in [6.07, 6.45) is 9.19. The van der Waals surface area contributed by atoms with Crippen LogP contribution in [0, 0.1) is 0 Å². The standard InChI is InChI=1S/C30H31N/c1-6-8-9-12-22(5)25-17-23(7-2)18-26(19-25)31-29-14-11-10-13-27(29)28-20-24(21(3)4)15-16-30(28)31/h6,8-21H,5,7H2,1-4H3/b8-6-,12-9-. The molecule has 0 bridgehead atoms. The maximum atomic E-state index is 4.32. The molecule has 0 fully saturated rings. The summed E-state index contributed by atoms with van der Waals surface area (Å²) in [6, 6.07) is 22.5. The Morgan fingerprint density at radius 1 is 0.935 bits per heavy atom. The molecule has 156 valence electrons. The Bertz CT molecular complexity index is 1310. The lowest BCUT2D eigenvalue weighted by atomic mass is 10.0. The summed E-state index contributed by atoms with van der Waals surface area (Å²) in [6.45, 7) is 13.1. The highest BCUT2D eigenvalue weighted by Gasteiger charge is 2.14. The van der Waals surface area contributed by atoms with E-state index in [9.17, 15) is 0 Å². The average molecular weight is 406 g/mol. The Labute approximate surface area is 186 Å². The van der Waals surface area contributed by atoms with Crippen molar-refractivity contribution in [3.63, 3.8) is 0 Å². The first-order valence-corrected chi connectivity index (χ1v) is 11.2. The third kappa shape index (κ3) is 4.01. The lowest BCUT2D eigenvalue weighted by Crippen LogP contribution is -1.98. The maximum absolute atomic E-state index is 4.32. The third-order valence-corrected chi connectivity index (χ3v) is 5.98. The monoisotopic (exact) mass is 405 g/mol. The van der Waals surface area contributed by atoms with Crippen LogP contribution in [0.3, 0.4) is 0 Å². The molecule has 0 saturated carbocycles. The zero-order chi connectivity index (χ0) is 22.0. The van der Waals surface area contributed by atoms with Gasteiger partial charge in [-0.2, -0.15) is 0 Å². The van der Waals surface area contributed by atoms with Crippen LogP contribution in [0.15, 0.2) is 91.5 Å². The Hall–Kier alpha value is -3.32. The van der Waals surface area contributed by atoms with E-state index in [0.717, 1.165) is 12.0 Å². The Balaban J connectivity index is 1.97. The molecule has 4 rings (SSSR count). The van der Waals surface area contributed by atoms with Gasteiger partial charge < -0.3 is 4.57 Å². The highest BCUT2D eigenvalue weighted by atomic mass is 15.0. The summed E-state index contributed by atoms with van der Waals surface area (Å²) in [5, 5.41) is 2.62. The minimum atomic E-state index is 0.508. The predicted octanol–water partition coefficient (Wildman–Crippen LogP) is 8.62. The van der Waals surface area contributed by atoms with Crippen LogP contribution in [-0.4, -0.2) is 4.57 Å². The van der Waals surface area contributed by atoms with Crippen LogP contribution in [-0.2, 0) is 6.42 Å². The van der Waals surface area contributed by atoms with Crippen LogP contribution in [0.1, 0.15) is 50.3 Å². The second kappa shape index (κ2) is 8.81. The second-order valence-electron chi connectivity index (χ2n) is 8.44. The largest absolute Gasteiger partial charge is 0.309 e. The molecule has 0 radical (unpaired) electrons. The topological polar surface area (TPSA) is 4.93 Å². The van der Waals surface area contributed by atoms with Crippen molar-refractivity contribution in [3.8, 4) is 5.69 Å². The van der Waals surface area contributed by atoms with Gasteiger partial charge in [0.05, 0.1) is 11.0 Å². The van der Waals surface area contributed by atoms with Gasteiger partial charge in [-0.1, -0.05) is 82.0 Å². The number of allylic oxidation sites excluding steroid dienone is 5. The van der Waals surface area contributed by atoms with Crippen LogP contribution in [0.2, 0.25) is 0 Å². The van der Waals surface area contributed by atoms with Crippen molar-refractivity contribution >= 4 is 27.4 Å². The fourth-order valence-electron chi connectivity index (χ4n) is 4.20. The van der Waals surface area contributed by atoms with E-state index in [1.807, 2.05) is 19.1 Å². The smallest absolute Gasteiger partial charge is 0.0541 e. The molecule has 1 heterocycles. The summed E-state index contributed by atoms with van der Waals surface area (Å²) >= 11 is 0. The van der Waals surface area contributed by atoms with Crippen LogP contribution in [0.25, 0.3) is 33.1 Å². The lowest BCUT2D eigenvalue weighted by Gasteiger charge is -2.13. The maximum Gasteiger partial charge on any atom is 0.0541 e. The summed E-state index contributed by atoms with van der Waals surface area (Å²) < 4.78 is 2.40. The molecule has 0 N–H and O–H groups in total. The first-order valence-electron chi connectivity index (χ1n) is 11.2. The molecule has 0 saturated heterocycles. The van der Waals surface area contributed by atoms with Crippen molar-refractivity contribution in [3.05, 3.63) is 108 Å². The van der Waals surface area contributed by atoms with Gasteiger partial charge in [0, 0.05) is 16.5 Å². The number of rotatable bonds is 6. The molecule has 0 amide bonds. The van der Waals surface area contributed by atoms with Crippen molar-refractivity contribution in [1.29, 1.82) is 0 Å². The average Bonchev–Trinajstić information content (AvgIpc) is 3.12. The van der Waals surface area contributed by atoms with Gasteiger partial charge in [-0.25, -0.2) is 0 Å². The minimum absolute atomic E-state index is 0.508. The molecular weight excluding hydrogens is 374 g/mol. The fraction of sp³-hybridized carbons (Fsp3) is 0.200. The molecule has 0 spiro atoms. The first-order chi connectivity index (χ1) is 15.0. The number of aromatic nitrogens is 1. The number of para-hydroxylation sites is 1. The zero-order valence-electron chi connectivity index (χ0n) is 19.0. The molecule has 0 aliphatic carbocycles. The molecule has 0 atom stereocenters. The Kier molecular flexibility index (Phi) is 5.95. The van der Waals surface area contributed by atoms with E-state index in [4.69, 9.17) is 0 Å². The molecule has 1 aromatic heterocycles. The molecule has 0 aliphatic heterocycles. The fourth-order valence-corrected chi connectivity index (χ4v) is 4.20. The van der Waals surface area contributed by atoms with E-state index in [1.54, 1.807) is 0 Å². The summed E-state index contributed by atoms with van der Waals surface area (Å²) in [4.78, 5) is 0. The van der Waals surface area contributed by atoms with Gasteiger partial charge in [0.25, 0.3) is 0 Å². The van der Waals surface area contributed by atoms with E-state index >= 15 is 0 Å². The molecule has 1 nitrogen and oxygen atoms in total. The highest BCUT2D eigenvalue weighted by molar-refractivity contribution is 6.09. The van der Waals surface area contributed by atoms with Crippen molar-refractivity contribution in [2.45, 2.75) is 40.0 Å². The Morgan fingerprint density at radius 2 is 1.71 bits per heavy atom. The van der Waals surface area contributed by atoms with Gasteiger partial charge in [0.15, 0.2) is 0 Å². The predicted molar refractivity (Wildman–Crippen MR) is 137 cm³/mol. The number of fused-ring (bicyclic) bond motifs is 3. The summed E-state index contributed by atoms with van der Waals surface area (Å²) in [5.74, 6) is 0.508. The molecule has 3 aromatic carbocycles. The van der Waals surface area contributed by atoms with Crippen LogP contribution in [0.4, 0.5) is 0 Å². The number of hydrogen-bond donors (Lipinski definition) is 0. The normalized spacial score (nSPS) is 12.2. The quantitative estimate of drug-likeness (QED) is 0.283. The molecule has 0 aliphatic rings. The first kappa shape index (κ1) is 20.9. The van der Waals surface area contributed by atoms with Gasteiger partial charge in [0.1, 0.15) is 0 Å². The molecule has 0 unspecified atom stereocenters. The zero-order valence-corrected chi connectivity index (χ0v) is 19.0. The van der Waals surface area contributed by atoms with Crippen molar-refractivity contribution < 1.29 is 0 Å². The van der Waals surface area contributed by atoms with Crippen LogP contribution >= 0.6 is 0 Å².